The molecule has 0 unspecified atom stereocenters. The van der Waals surface area contributed by atoms with E-state index in [4.69, 9.17) is 5.26 Å². The van der Waals surface area contributed by atoms with E-state index < -0.39 is 0 Å². The summed E-state index contributed by atoms with van der Waals surface area (Å²) in [5.41, 5.74) is 2.83. The molecule has 1 aromatic heterocycles. The topological polar surface area (TPSA) is 64.8 Å². The minimum atomic E-state index is 0.330. The molecule has 2 rings (SSSR count). The fourth-order valence-corrected chi connectivity index (χ4v) is 2.23. The van der Waals surface area contributed by atoms with Crippen molar-refractivity contribution in [1.82, 2.24) is 9.97 Å². The van der Waals surface area contributed by atoms with Crippen LogP contribution in [0.1, 0.15) is 18.2 Å². The van der Waals surface area contributed by atoms with E-state index in [0.717, 1.165) is 13.1 Å². The molecule has 2 aromatic rings. The van der Waals surface area contributed by atoms with Crippen molar-refractivity contribution < 1.29 is 0 Å². The van der Waals surface area contributed by atoms with E-state index >= 15 is 0 Å². The number of nitriles is 1. The van der Waals surface area contributed by atoms with Gasteiger partial charge in [0.1, 0.15) is 6.07 Å². The van der Waals surface area contributed by atoms with Gasteiger partial charge in [0.25, 0.3) is 0 Å². The van der Waals surface area contributed by atoms with E-state index in [1.165, 1.54) is 17.4 Å². The van der Waals surface area contributed by atoms with Gasteiger partial charge in [-0.1, -0.05) is 18.2 Å². The lowest BCUT2D eigenvalue weighted by molar-refractivity contribution is 0.828. The van der Waals surface area contributed by atoms with Crippen LogP contribution in [0.4, 0.5) is 11.5 Å². The van der Waals surface area contributed by atoms with Crippen molar-refractivity contribution in [2.24, 2.45) is 0 Å². The molecule has 0 spiro atoms. The van der Waals surface area contributed by atoms with E-state index in [1.54, 1.807) is 6.20 Å². The number of anilines is 2. The summed E-state index contributed by atoms with van der Waals surface area (Å²) < 4.78 is 0. The summed E-state index contributed by atoms with van der Waals surface area (Å²) in [4.78, 5) is 10.4. The molecule has 0 amide bonds. The molecular formula is C16H19N5. The molecule has 0 saturated carbocycles. The molecule has 1 aromatic carbocycles. The average Bonchev–Trinajstić information content (AvgIpc) is 2.53. The fourth-order valence-electron chi connectivity index (χ4n) is 2.23. The number of para-hydroxylation sites is 1. The molecule has 5 heteroatoms. The Kier molecular flexibility index (Phi) is 5.10. The van der Waals surface area contributed by atoms with Gasteiger partial charge in [-0.15, -0.1) is 0 Å². The Bertz CT molecular complexity index is 633. The van der Waals surface area contributed by atoms with Gasteiger partial charge in [-0.3, -0.25) is 0 Å². The van der Waals surface area contributed by atoms with E-state index in [2.05, 4.69) is 52.2 Å². The first-order valence-corrected chi connectivity index (χ1v) is 7.01. The van der Waals surface area contributed by atoms with Crippen LogP contribution in [0.3, 0.4) is 0 Å². The summed E-state index contributed by atoms with van der Waals surface area (Å²) in [7, 11) is 0. The Morgan fingerprint density at radius 1 is 1.24 bits per heavy atom. The van der Waals surface area contributed by atoms with E-state index in [1.807, 2.05) is 12.1 Å². The lowest BCUT2D eigenvalue weighted by Crippen LogP contribution is -2.29. The van der Waals surface area contributed by atoms with Gasteiger partial charge < -0.3 is 10.2 Å². The Morgan fingerprint density at radius 3 is 2.71 bits per heavy atom. The van der Waals surface area contributed by atoms with Gasteiger partial charge in [0.05, 0.1) is 0 Å². The Morgan fingerprint density at radius 2 is 2.00 bits per heavy atom. The van der Waals surface area contributed by atoms with Gasteiger partial charge in [0, 0.05) is 37.7 Å². The molecule has 1 heterocycles. The van der Waals surface area contributed by atoms with Crippen molar-refractivity contribution in [2.75, 3.05) is 29.9 Å². The van der Waals surface area contributed by atoms with Gasteiger partial charge in [-0.2, -0.15) is 5.26 Å². The van der Waals surface area contributed by atoms with Crippen molar-refractivity contribution in [1.29, 1.82) is 5.26 Å². The normalized spacial score (nSPS) is 9.95. The molecular weight excluding hydrogens is 262 g/mol. The van der Waals surface area contributed by atoms with Gasteiger partial charge in [-0.05, 0) is 25.5 Å². The van der Waals surface area contributed by atoms with Crippen molar-refractivity contribution in [3.05, 3.63) is 47.9 Å². The van der Waals surface area contributed by atoms with Crippen LogP contribution in [-0.2, 0) is 0 Å². The maximum Gasteiger partial charge on any atom is 0.182 e. The lowest BCUT2D eigenvalue weighted by Gasteiger charge is -2.25. The van der Waals surface area contributed by atoms with Crippen molar-refractivity contribution >= 4 is 11.5 Å². The summed E-state index contributed by atoms with van der Waals surface area (Å²) in [6.45, 7) is 6.72. The highest BCUT2D eigenvalue weighted by Crippen LogP contribution is 2.18. The first kappa shape index (κ1) is 14.8. The zero-order valence-corrected chi connectivity index (χ0v) is 12.4. The summed E-state index contributed by atoms with van der Waals surface area (Å²) in [6, 6.07) is 10.4. The summed E-state index contributed by atoms with van der Waals surface area (Å²) in [5, 5.41) is 12.2. The van der Waals surface area contributed by atoms with Crippen molar-refractivity contribution in [2.45, 2.75) is 13.8 Å². The van der Waals surface area contributed by atoms with E-state index in [-0.39, 0.29) is 0 Å². The number of nitrogens with one attached hydrogen (secondary N) is 1. The highest BCUT2D eigenvalue weighted by Gasteiger charge is 2.08. The first-order valence-electron chi connectivity index (χ1n) is 7.01. The molecule has 0 atom stereocenters. The summed E-state index contributed by atoms with van der Waals surface area (Å²) in [6.07, 6.45) is 3.11. The third kappa shape index (κ3) is 3.69. The third-order valence-electron chi connectivity index (χ3n) is 3.32. The fraction of sp³-hybridized carbons (Fsp3) is 0.312. The second kappa shape index (κ2) is 7.25. The minimum absolute atomic E-state index is 0.330. The van der Waals surface area contributed by atoms with E-state index in [9.17, 15) is 0 Å². The van der Waals surface area contributed by atoms with Gasteiger partial charge >= 0.3 is 0 Å². The lowest BCUT2D eigenvalue weighted by atomic mass is 10.2. The van der Waals surface area contributed by atoms with Crippen molar-refractivity contribution in [3.8, 4) is 6.07 Å². The monoisotopic (exact) mass is 281 g/mol. The highest BCUT2D eigenvalue weighted by molar-refractivity contribution is 5.53. The SMILES string of the molecule is CCN(CCNc1nccnc1C#N)c1ccccc1C. The third-order valence-corrected chi connectivity index (χ3v) is 3.32. The smallest absolute Gasteiger partial charge is 0.182 e. The number of hydrogen-bond acceptors (Lipinski definition) is 5. The van der Waals surface area contributed by atoms with Gasteiger partial charge in [0.15, 0.2) is 11.5 Å². The highest BCUT2D eigenvalue weighted by atomic mass is 15.1. The molecule has 0 aliphatic carbocycles. The zero-order valence-electron chi connectivity index (χ0n) is 12.4. The molecule has 0 radical (unpaired) electrons. The van der Waals surface area contributed by atoms with Crippen LogP contribution < -0.4 is 10.2 Å². The number of nitrogens with zero attached hydrogens (tertiary/aromatic N) is 4. The second-order valence-corrected chi connectivity index (χ2v) is 4.66. The van der Waals surface area contributed by atoms with Crippen LogP contribution in [0.2, 0.25) is 0 Å². The predicted molar refractivity (Wildman–Crippen MR) is 84.3 cm³/mol. The number of benzene rings is 1. The number of rotatable bonds is 6. The maximum absolute atomic E-state index is 8.98. The Hall–Kier alpha value is -2.61. The maximum atomic E-state index is 8.98. The number of aryl methyl sites for hydroxylation is 1. The number of hydrogen-bond donors (Lipinski definition) is 1. The molecule has 5 nitrogen and oxygen atoms in total. The first-order chi connectivity index (χ1) is 10.3. The second-order valence-electron chi connectivity index (χ2n) is 4.66. The van der Waals surface area contributed by atoms with Crippen LogP contribution in [-0.4, -0.2) is 29.6 Å². The van der Waals surface area contributed by atoms with Gasteiger partial charge in [0.2, 0.25) is 0 Å². The standard InChI is InChI=1S/C16H19N5/c1-3-21(15-7-5-4-6-13(15)2)11-10-20-16-14(12-17)18-8-9-19-16/h4-9H,3,10-11H2,1-2H3,(H,19,20). The molecule has 0 aliphatic rings. The largest absolute Gasteiger partial charge is 0.370 e. The molecule has 0 fully saturated rings. The van der Waals surface area contributed by atoms with Crippen LogP contribution in [0, 0.1) is 18.3 Å². The predicted octanol–water partition coefficient (Wildman–Crippen LogP) is 2.60. The minimum Gasteiger partial charge on any atom is -0.370 e. The quantitative estimate of drug-likeness (QED) is 0.881. The number of likely N-dealkylation sites (N-methyl/N-ethyl adjacent to an activating group) is 1. The molecule has 1 N–H and O–H groups in total. The molecule has 0 bridgehead atoms. The summed E-state index contributed by atoms with van der Waals surface area (Å²) >= 11 is 0. The Labute approximate surface area is 125 Å². The molecule has 108 valence electrons. The molecule has 0 saturated heterocycles. The van der Waals surface area contributed by atoms with Gasteiger partial charge in [-0.25, -0.2) is 9.97 Å². The zero-order chi connectivity index (χ0) is 15.1. The van der Waals surface area contributed by atoms with Crippen LogP contribution in [0.5, 0.6) is 0 Å². The number of aromatic nitrogens is 2. The van der Waals surface area contributed by atoms with Crippen LogP contribution >= 0.6 is 0 Å². The Balaban J connectivity index is 1.99. The molecule has 0 aliphatic heterocycles. The van der Waals surface area contributed by atoms with Crippen LogP contribution in [0.15, 0.2) is 36.7 Å². The molecule has 21 heavy (non-hydrogen) atoms. The average molecular weight is 281 g/mol. The van der Waals surface area contributed by atoms with E-state index in [0.29, 0.717) is 18.1 Å². The summed E-state index contributed by atoms with van der Waals surface area (Å²) in [5.74, 6) is 0.542. The van der Waals surface area contributed by atoms with Crippen LogP contribution in [0.25, 0.3) is 0 Å². The van der Waals surface area contributed by atoms with Crippen molar-refractivity contribution in [3.63, 3.8) is 0 Å².